The quantitative estimate of drug-likeness (QED) is 0.613. The van der Waals surface area contributed by atoms with Gasteiger partial charge in [-0.2, -0.15) is 0 Å². The molecule has 150 valence electrons. The Balaban J connectivity index is 1.49. The average Bonchev–Trinajstić information content (AvgIpc) is 2.70. The number of aromatic nitrogens is 4. The molecule has 1 aliphatic rings. The van der Waals surface area contributed by atoms with Crippen molar-refractivity contribution in [1.82, 2.24) is 25.3 Å². The Hall–Kier alpha value is -3.29. The molecule has 29 heavy (non-hydrogen) atoms. The number of anilines is 3. The molecule has 2 aromatic heterocycles. The second-order valence-corrected chi connectivity index (χ2v) is 7.54. The van der Waals surface area contributed by atoms with E-state index in [9.17, 15) is 4.79 Å². The number of carbonyl (C=O) groups is 1. The molecular weight excluding hydrogens is 366 g/mol. The molecule has 8 nitrogen and oxygen atoms in total. The van der Waals surface area contributed by atoms with Crippen LogP contribution in [0.3, 0.4) is 0 Å². The number of nitrogens with one attached hydrogen (secondary N) is 3. The summed E-state index contributed by atoms with van der Waals surface area (Å²) in [5, 5.41) is 9.76. The van der Waals surface area contributed by atoms with E-state index in [4.69, 9.17) is 0 Å². The van der Waals surface area contributed by atoms with E-state index in [0.29, 0.717) is 22.8 Å². The number of rotatable bonds is 5. The minimum Gasteiger partial charge on any atom is -0.354 e. The molecule has 3 N–H and O–H groups in total. The number of carbonyl (C=O) groups excluding carboxylic acids is 1. The molecule has 0 saturated heterocycles. The first-order chi connectivity index (χ1) is 14.1. The minimum absolute atomic E-state index is 0.0351. The smallest absolute Gasteiger partial charge is 0.223 e. The summed E-state index contributed by atoms with van der Waals surface area (Å²) in [5.74, 6) is 1.26. The van der Waals surface area contributed by atoms with Gasteiger partial charge < -0.3 is 16.0 Å². The summed E-state index contributed by atoms with van der Waals surface area (Å²) in [4.78, 5) is 29.0. The van der Waals surface area contributed by atoms with Gasteiger partial charge in [-0.15, -0.1) is 0 Å². The van der Waals surface area contributed by atoms with E-state index in [2.05, 4.69) is 42.0 Å². The van der Waals surface area contributed by atoms with Gasteiger partial charge in [0.05, 0.1) is 6.20 Å². The molecule has 2 heterocycles. The van der Waals surface area contributed by atoms with Crippen molar-refractivity contribution in [2.75, 3.05) is 10.6 Å². The molecule has 0 bridgehead atoms. The van der Waals surface area contributed by atoms with Gasteiger partial charge >= 0.3 is 0 Å². The van der Waals surface area contributed by atoms with Crippen molar-refractivity contribution >= 4 is 34.4 Å². The van der Waals surface area contributed by atoms with Crippen LogP contribution in [-0.4, -0.2) is 37.9 Å². The van der Waals surface area contributed by atoms with Crippen molar-refractivity contribution in [1.29, 1.82) is 0 Å². The van der Waals surface area contributed by atoms with E-state index in [-0.39, 0.29) is 18.0 Å². The third-order valence-corrected chi connectivity index (χ3v) is 5.13. The summed E-state index contributed by atoms with van der Waals surface area (Å²) in [6, 6.07) is 8.65. The molecule has 0 spiro atoms. The Bertz CT molecular complexity index is 1010. The lowest BCUT2D eigenvalue weighted by molar-refractivity contribution is -0.119. The fourth-order valence-corrected chi connectivity index (χ4v) is 3.73. The maximum absolute atomic E-state index is 11.2. The minimum atomic E-state index is 0.0351. The summed E-state index contributed by atoms with van der Waals surface area (Å²) < 4.78 is 0. The summed E-state index contributed by atoms with van der Waals surface area (Å²) >= 11 is 0. The third kappa shape index (κ3) is 4.77. The SMILES string of the molecule is CC(=O)N[C@H]1CC[C@H](Nc2ncc3ncnc(Nc4cccc(C)c4)c3n2)CC1. The lowest BCUT2D eigenvalue weighted by atomic mass is 9.91. The molecule has 1 aromatic carbocycles. The van der Waals surface area contributed by atoms with Crippen LogP contribution in [0.1, 0.15) is 38.2 Å². The molecule has 8 heteroatoms. The highest BCUT2D eigenvalue weighted by Gasteiger charge is 2.22. The zero-order valence-electron chi connectivity index (χ0n) is 16.6. The molecule has 1 aliphatic carbocycles. The number of nitrogens with zero attached hydrogens (tertiary/aromatic N) is 4. The molecule has 3 aromatic rings. The highest BCUT2D eigenvalue weighted by atomic mass is 16.1. The van der Waals surface area contributed by atoms with Crippen molar-refractivity contribution in [3.05, 3.63) is 42.4 Å². The number of aryl methyl sites for hydroxylation is 1. The van der Waals surface area contributed by atoms with E-state index in [0.717, 1.165) is 31.4 Å². The zero-order chi connectivity index (χ0) is 20.2. The zero-order valence-corrected chi connectivity index (χ0v) is 16.6. The predicted molar refractivity (Wildman–Crippen MR) is 113 cm³/mol. The molecule has 1 fully saturated rings. The molecule has 0 atom stereocenters. The molecule has 0 radical (unpaired) electrons. The van der Waals surface area contributed by atoms with Crippen LogP contribution >= 0.6 is 0 Å². The van der Waals surface area contributed by atoms with Crippen molar-refractivity contribution in [2.45, 2.75) is 51.6 Å². The second kappa shape index (κ2) is 8.38. The highest BCUT2D eigenvalue weighted by molar-refractivity contribution is 5.87. The lowest BCUT2D eigenvalue weighted by Gasteiger charge is -2.29. The van der Waals surface area contributed by atoms with E-state index in [1.807, 2.05) is 25.1 Å². The van der Waals surface area contributed by atoms with Crippen molar-refractivity contribution in [3.63, 3.8) is 0 Å². The Labute approximate surface area is 169 Å². The van der Waals surface area contributed by atoms with Gasteiger partial charge in [-0.05, 0) is 50.3 Å². The first-order valence-corrected chi connectivity index (χ1v) is 9.92. The van der Waals surface area contributed by atoms with E-state index >= 15 is 0 Å². The molecule has 0 aliphatic heterocycles. The maximum Gasteiger partial charge on any atom is 0.223 e. The van der Waals surface area contributed by atoms with Crippen LogP contribution in [0.4, 0.5) is 17.5 Å². The maximum atomic E-state index is 11.2. The standard InChI is InChI=1S/C21H25N7O/c1-13-4-3-5-17(10-13)26-20-19-18(23-12-24-20)11-22-21(28-19)27-16-8-6-15(7-9-16)25-14(2)29/h3-5,10-12,15-16H,6-9H2,1-2H3,(H,25,29)(H,22,27,28)(H,23,24,26)/t15-,16-. The van der Waals surface area contributed by atoms with Gasteiger partial charge in [0.15, 0.2) is 5.82 Å². The fraction of sp³-hybridized carbons (Fsp3) is 0.381. The summed E-state index contributed by atoms with van der Waals surface area (Å²) in [6.07, 6.45) is 7.07. The van der Waals surface area contributed by atoms with Gasteiger partial charge in [0.1, 0.15) is 17.4 Å². The van der Waals surface area contributed by atoms with Gasteiger partial charge in [-0.25, -0.2) is 19.9 Å². The van der Waals surface area contributed by atoms with Crippen LogP contribution in [0.25, 0.3) is 11.0 Å². The van der Waals surface area contributed by atoms with Crippen LogP contribution in [0.5, 0.6) is 0 Å². The third-order valence-electron chi connectivity index (χ3n) is 5.13. The van der Waals surface area contributed by atoms with Gasteiger partial charge in [0.25, 0.3) is 0 Å². The number of benzene rings is 1. The van der Waals surface area contributed by atoms with Crippen molar-refractivity contribution in [2.24, 2.45) is 0 Å². The van der Waals surface area contributed by atoms with Crippen LogP contribution < -0.4 is 16.0 Å². The van der Waals surface area contributed by atoms with Crippen LogP contribution in [0, 0.1) is 6.92 Å². The summed E-state index contributed by atoms with van der Waals surface area (Å²) in [5.41, 5.74) is 3.49. The Morgan fingerprint density at radius 1 is 1.07 bits per heavy atom. The average molecular weight is 391 g/mol. The van der Waals surface area contributed by atoms with Gasteiger partial charge in [-0.3, -0.25) is 4.79 Å². The van der Waals surface area contributed by atoms with Crippen LogP contribution in [0.2, 0.25) is 0 Å². The molecule has 4 rings (SSSR count). The fourth-order valence-electron chi connectivity index (χ4n) is 3.73. The summed E-state index contributed by atoms with van der Waals surface area (Å²) in [6.45, 7) is 3.62. The largest absolute Gasteiger partial charge is 0.354 e. The van der Waals surface area contributed by atoms with Crippen LogP contribution in [0.15, 0.2) is 36.8 Å². The molecule has 0 unspecified atom stereocenters. The van der Waals surface area contributed by atoms with E-state index in [1.54, 1.807) is 13.1 Å². The highest BCUT2D eigenvalue weighted by Crippen LogP contribution is 2.24. The van der Waals surface area contributed by atoms with Gasteiger partial charge in [0.2, 0.25) is 11.9 Å². The van der Waals surface area contributed by atoms with Crippen molar-refractivity contribution in [3.8, 4) is 0 Å². The van der Waals surface area contributed by atoms with E-state index in [1.165, 1.54) is 11.9 Å². The summed E-state index contributed by atoms with van der Waals surface area (Å²) in [7, 11) is 0. The second-order valence-electron chi connectivity index (χ2n) is 7.54. The van der Waals surface area contributed by atoms with Crippen molar-refractivity contribution < 1.29 is 4.79 Å². The van der Waals surface area contributed by atoms with Gasteiger partial charge in [0, 0.05) is 24.7 Å². The monoisotopic (exact) mass is 391 g/mol. The van der Waals surface area contributed by atoms with Crippen LogP contribution in [-0.2, 0) is 4.79 Å². The Morgan fingerprint density at radius 2 is 1.86 bits per heavy atom. The Kier molecular flexibility index (Phi) is 5.50. The molecule has 1 saturated carbocycles. The normalized spacial score (nSPS) is 19.0. The number of hydrogen-bond donors (Lipinski definition) is 3. The van der Waals surface area contributed by atoms with Gasteiger partial charge in [-0.1, -0.05) is 12.1 Å². The molecular formula is C21H25N7O. The molecule has 1 amide bonds. The predicted octanol–water partition coefficient (Wildman–Crippen LogP) is 3.33. The number of hydrogen-bond acceptors (Lipinski definition) is 7. The number of amides is 1. The first-order valence-electron chi connectivity index (χ1n) is 9.92. The van der Waals surface area contributed by atoms with E-state index < -0.39 is 0 Å². The lowest BCUT2D eigenvalue weighted by Crippen LogP contribution is -2.39. The Morgan fingerprint density at radius 3 is 2.62 bits per heavy atom. The first kappa shape index (κ1) is 19.0. The number of fused-ring (bicyclic) bond motifs is 1. The topological polar surface area (TPSA) is 105 Å².